The van der Waals surface area contributed by atoms with Gasteiger partial charge in [0.05, 0.1) is 0 Å². The SMILES string of the molecule is C#C.CCCC(CC1C(C)N(CC2CC2)CCC12c1c(C)cccc1C[C@H]2C)[C@@H](C)C(C)(C)C. The van der Waals surface area contributed by atoms with Gasteiger partial charge in [0.25, 0.3) is 0 Å². The van der Waals surface area contributed by atoms with Gasteiger partial charge in [0, 0.05) is 18.0 Å². The number of aryl methyl sites for hydroxylation is 1. The molecule has 1 nitrogen and oxygen atoms in total. The molecule has 0 bridgehead atoms. The molecule has 1 heteroatoms. The largest absolute Gasteiger partial charge is 0.300 e. The van der Waals surface area contributed by atoms with Crippen LogP contribution in [0, 0.1) is 54.8 Å². The minimum Gasteiger partial charge on any atom is -0.300 e. The first kappa shape index (κ1) is 27.3. The highest BCUT2D eigenvalue weighted by atomic mass is 15.2. The Kier molecular flexibility index (Phi) is 8.67. The first-order chi connectivity index (χ1) is 16.1. The van der Waals surface area contributed by atoms with Gasteiger partial charge >= 0.3 is 0 Å². The van der Waals surface area contributed by atoms with Gasteiger partial charge in [-0.05, 0) is 104 Å². The number of likely N-dealkylation sites (tertiary alicyclic amines) is 1. The summed E-state index contributed by atoms with van der Waals surface area (Å²) in [5.41, 5.74) is 5.77. The fraction of sp³-hybridized carbons (Fsp3) is 0.758. The molecule has 2 fully saturated rings. The summed E-state index contributed by atoms with van der Waals surface area (Å²) in [6, 6.07) is 7.86. The van der Waals surface area contributed by atoms with Gasteiger partial charge in [-0.2, -0.15) is 0 Å². The Morgan fingerprint density at radius 1 is 1.15 bits per heavy atom. The molecule has 3 aliphatic rings. The molecule has 0 radical (unpaired) electrons. The van der Waals surface area contributed by atoms with Gasteiger partial charge in [0.1, 0.15) is 0 Å². The highest BCUT2D eigenvalue weighted by Gasteiger charge is 2.55. The molecule has 1 aliphatic heterocycles. The van der Waals surface area contributed by atoms with Gasteiger partial charge in [0.15, 0.2) is 0 Å². The first-order valence-electron chi connectivity index (χ1n) is 14.3. The minimum atomic E-state index is 0.379. The number of benzene rings is 1. The lowest BCUT2D eigenvalue weighted by molar-refractivity contribution is -0.0125. The maximum atomic E-state index is 4.00. The second-order valence-corrected chi connectivity index (χ2v) is 13.2. The lowest BCUT2D eigenvalue weighted by Gasteiger charge is -2.55. The van der Waals surface area contributed by atoms with E-state index in [4.69, 9.17) is 0 Å². The van der Waals surface area contributed by atoms with Crippen LogP contribution in [0.3, 0.4) is 0 Å². The molecule has 1 spiro atoms. The summed E-state index contributed by atoms with van der Waals surface area (Å²) in [7, 11) is 0. The van der Waals surface area contributed by atoms with Crippen LogP contribution in [0.25, 0.3) is 0 Å². The number of piperidine rings is 1. The van der Waals surface area contributed by atoms with Crippen molar-refractivity contribution in [1.29, 1.82) is 0 Å². The highest BCUT2D eigenvalue weighted by Crippen LogP contribution is 2.58. The van der Waals surface area contributed by atoms with Crippen LogP contribution in [0.4, 0.5) is 0 Å². The third-order valence-corrected chi connectivity index (χ3v) is 10.3. The Bertz CT molecular complexity index is 825. The standard InChI is InChI=1S/C31H51N.C2H2/c1-9-11-26(23(4)30(6,7)8)19-28-24(5)32(20-25-14-15-25)17-16-31(28)22(3)18-27-13-10-12-21(2)29(27)31;1-2/h10,12-13,22-26,28H,9,11,14-20H2,1-8H3;1-2H/t22-,23-,24?,26?,28?,31?;/m1./s1. The summed E-state index contributed by atoms with van der Waals surface area (Å²) in [6.07, 6.45) is 17.7. The first-order valence-corrected chi connectivity index (χ1v) is 14.3. The molecule has 2 aliphatic carbocycles. The summed E-state index contributed by atoms with van der Waals surface area (Å²) in [6.45, 7) is 22.6. The third-order valence-electron chi connectivity index (χ3n) is 10.3. The molecule has 6 atom stereocenters. The van der Waals surface area contributed by atoms with Crippen molar-refractivity contribution in [2.75, 3.05) is 13.1 Å². The number of rotatable bonds is 7. The van der Waals surface area contributed by atoms with E-state index in [2.05, 4.69) is 91.3 Å². The number of fused-ring (bicyclic) bond motifs is 2. The molecule has 0 N–H and O–H groups in total. The van der Waals surface area contributed by atoms with Crippen LogP contribution >= 0.6 is 0 Å². The van der Waals surface area contributed by atoms with E-state index >= 15 is 0 Å². The predicted octanol–water partition coefficient (Wildman–Crippen LogP) is 8.28. The normalized spacial score (nSPS) is 30.9. The van der Waals surface area contributed by atoms with Crippen molar-refractivity contribution in [3.8, 4) is 12.8 Å². The van der Waals surface area contributed by atoms with Gasteiger partial charge in [-0.25, -0.2) is 0 Å². The molecule has 1 saturated carbocycles. The number of hydrogen-bond acceptors (Lipinski definition) is 1. The van der Waals surface area contributed by atoms with Crippen molar-refractivity contribution < 1.29 is 0 Å². The molecule has 34 heavy (non-hydrogen) atoms. The van der Waals surface area contributed by atoms with Crippen molar-refractivity contribution in [3.63, 3.8) is 0 Å². The monoisotopic (exact) mass is 463 g/mol. The minimum absolute atomic E-state index is 0.379. The summed E-state index contributed by atoms with van der Waals surface area (Å²) in [5, 5.41) is 0. The van der Waals surface area contributed by atoms with Crippen molar-refractivity contribution in [3.05, 3.63) is 34.9 Å². The molecule has 190 valence electrons. The average Bonchev–Trinajstić information content (AvgIpc) is 3.56. The van der Waals surface area contributed by atoms with E-state index in [0.29, 0.717) is 16.9 Å². The average molecular weight is 464 g/mol. The summed E-state index contributed by atoms with van der Waals surface area (Å²) in [5.74, 6) is 4.11. The van der Waals surface area contributed by atoms with Gasteiger partial charge in [-0.3, -0.25) is 0 Å². The van der Waals surface area contributed by atoms with Gasteiger partial charge in [-0.1, -0.05) is 72.6 Å². The quantitative estimate of drug-likeness (QED) is 0.368. The molecule has 4 rings (SSSR count). The highest BCUT2D eigenvalue weighted by molar-refractivity contribution is 5.47. The molecule has 1 aromatic carbocycles. The van der Waals surface area contributed by atoms with Crippen LogP contribution in [0.5, 0.6) is 0 Å². The van der Waals surface area contributed by atoms with E-state index in [1.165, 1.54) is 58.0 Å². The van der Waals surface area contributed by atoms with Crippen molar-refractivity contribution in [2.45, 2.75) is 112 Å². The lowest BCUT2D eigenvalue weighted by Crippen LogP contribution is -2.57. The van der Waals surface area contributed by atoms with Crippen LogP contribution in [0.15, 0.2) is 18.2 Å². The zero-order valence-corrected chi connectivity index (χ0v) is 23.7. The molecular formula is C33H53N. The molecule has 0 amide bonds. The Hall–Kier alpha value is -1.26. The fourth-order valence-electron chi connectivity index (χ4n) is 7.92. The summed E-state index contributed by atoms with van der Waals surface area (Å²) in [4.78, 5) is 2.92. The van der Waals surface area contributed by atoms with Gasteiger partial charge in [0.2, 0.25) is 0 Å². The third kappa shape index (κ3) is 5.14. The van der Waals surface area contributed by atoms with E-state index in [1.807, 2.05) is 0 Å². The van der Waals surface area contributed by atoms with Crippen LogP contribution in [-0.4, -0.2) is 24.0 Å². The zero-order chi connectivity index (χ0) is 25.3. The number of hydrogen-bond donors (Lipinski definition) is 0. The maximum absolute atomic E-state index is 4.00. The van der Waals surface area contributed by atoms with E-state index in [9.17, 15) is 0 Å². The summed E-state index contributed by atoms with van der Waals surface area (Å²) < 4.78 is 0. The van der Waals surface area contributed by atoms with Crippen molar-refractivity contribution in [1.82, 2.24) is 4.90 Å². The Labute approximate surface area is 212 Å². The fourth-order valence-corrected chi connectivity index (χ4v) is 7.92. The zero-order valence-electron chi connectivity index (χ0n) is 23.7. The molecule has 1 heterocycles. The molecule has 1 saturated heterocycles. The lowest BCUT2D eigenvalue weighted by atomic mass is 9.56. The van der Waals surface area contributed by atoms with Gasteiger partial charge < -0.3 is 4.90 Å². The Morgan fingerprint density at radius 3 is 2.41 bits per heavy atom. The Morgan fingerprint density at radius 2 is 1.82 bits per heavy atom. The van der Waals surface area contributed by atoms with Crippen LogP contribution in [0.2, 0.25) is 0 Å². The van der Waals surface area contributed by atoms with Crippen LogP contribution in [0.1, 0.15) is 104 Å². The molecule has 0 aromatic heterocycles. The van der Waals surface area contributed by atoms with E-state index < -0.39 is 0 Å². The second-order valence-electron chi connectivity index (χ2n) is 13.2. The molecular weight excluding hydrogens is 410 g/mol. The maximum Gasteiger partial charge on any atom is 0.0104 e. The predicted molar refractivity (Wildman–Crippen MR) is 149 cm³/mol. The van der Waals surface area contributed by atoms with Gasteiger partial charge in [-0.15, -0.1) is 12.8 Å². The topological polar surface area (TPSA) is 3.24 Å². The Balaban J connectivity index is 0.00000158. The summed E-state index contributed by atoms with van der Waals surface area (Å²) >= 11 is 0. The smallest absolute Gasteiger partial charge is 0.0104 e. The molecule has 4 unspecified atom stereocenters. The molecule has 1 aromatic rings. The number of terminal acetylenes is 1. The van der Waals surface area contributed by atoms with E-state index in [1.54, 1.807) is 16.7 Å². The number of nitrogens with zero attached hydrogens (tertiary/aromatic N) is 1. The second kappa shape index (κ2) is 10.8. The van der Waals surface area contributed by atoms with Crippen molar-refractivity contribution in [2.24, 2.45) is 35.0 Å². The van der Waals surface area contributed by atoms with Crippen LogP contribution < -0.4 is 0 Å². The van der Waals surface area contributed by atoms with Crippen molar-refractivity contribution >= 4 is 0 Å². The van der Waals surface area contributed by atoms with Crippen LogP contribution in [-0.2, 0) is 11.8 Å². The van der Waals surface area contributed by atoms with E-state index in [-0.39, 0.29) is 0 Å². The van der Waals surface area contributed by atoms with E-state index in [0.717, 1.165) is 29.6 Å².